The molecule has 26 heavy (non-hydrogen) atoms. The maximum absolute atomic E-state index is 12.9. The molecule has 2 amide bonds. The van der Waals surface area contributed by atoms with Gasteiger partial charge in [0.25, 0.3) is 0 Å². The molecule has 2 rings (SSSR count). The Morgan fingerprint density at radius 2 is 1.73 bits per heavy atom. The Morgan fingerprint density at radius 1 is 1.08 bits per heavy atom. The van der Waals surface area contributed by atoms with E-state index in [0.717, 1.165) is 11.1 Å². The molecule has 0 aliphatic heterocycles. The van der Waals surface area contributed by atoms with Gasteiger partial charge >= 0.3 is 0 Å². The summed E-state index contributed by atoms with van der Waals surface area (Å²) >= 11 is 6.25. The predicted octanol–water partition coefficient (Wildman–Crippen LogP) is 3.83. The maximum atomic E-state index is 12.9. The molecule has 0 spiro atoms. The van der Waals surface area contributed by atoms with Gasteiger partial charge in [-0.05, 0) is 37.5 Å². The van der Waals surface area contributed by atoms with Crippen molar-refractivity contribution in [2.75, 3.05) is 6.54 Å². The Bertz CT molecular complexity index is 734. The summed E-state index contributed by atoms with van der Waals surface area (Å²) in [5.41, 5.74) is 1.93. The van der Waals surface area contributed by atoms with E-state index >= 15 is 0 Å². The van der Waals surface area contributed by atoms with E-state index in [1.165, 1.54) is 0 Å². The van der Waals surface area contributed by atoms with Gasteiger partial charge in [0.1, 0.15) is 6.04 Å². The van der Waals surface area contributed by atoms with Gasteiger partial charge in [-0.25, -0.2) is 0 Å². The fourth-order valence-electron chi connectivity index (χ4n) is 2.75. The van der Waals surface area contributed by atoms with Crippen molar-refractivity contribution >= 4 is 23.4 Å². The van der Waals surface area contributed by atoms with E-state index < -0.39 is 6.04 Å². The average Bonchev–Trinajstić information content (AvgIpc) is 2.66. The van der Waals surface area contributed by atoms with Gasteiger partial charge in [-0.3, -0.25) is 9.59 Å². The molecule has 0 saturated heterocycles. The van der Waals surface area contributed by atoms with Crippen LogP contribution in [0, 0.1) is 0 Å². The molecule has 4 nitrogen and oxygen atoms in total. The first-order valence-electron chi connectivity index (χ1n) is 8.87. The SMILES string of the molecule is CCNC(=O)C(C)N(Cc1ccccc1Cl)C(=O)CCc1ccccc1. The number of amides is 2. The molecular weight excluding hydrogens is 348 g/mol. The van der Waals surface area contributed by atoms with Crippen molar-refractivity contribution in [3.8, 4) is 0 Å². The highest BCUT2D eigenvalue weighted by Crippen LogP contribution is 2.19. The van der Waals surface area contributed by atoms with Crippen LogP contribution in [-0.2, 0) is 22.6 Å². The smallest absolute Gasteiger partial charge is 0.242 e. The molecule has 0 aliphatic rings. The van der Waals surface area contributed by atoms with Crippen LogP contribution < -0.4 is 5.32 Å². The Morgan fingerprint density at radius 3 is 2.38 bits per heavy atom. The van der Waals surface area contributed by atoms with Gasteiger partial charge in [-0.1, -0.05) is 60.1 Å². The number of carbonyl (C=O) groups excluding carboxylic acids is 2. The third kappa shape index (κ3) is 5.60. The highest BCUT2D eigenvalue weighted by molar-refractivity contribution is 6.31. The van der Waals surface area contributed by atoms with Crippen LogP contribution in [0.15, 0.2) is 54.6 Å². The topological polar surface area (TPSA) is 49.4 Å². The average molecular weight is 373 g/mol. The van der Waals surface area contributed by atoms with Crippen molar-refractivity contribution in [1.29, 1.82) is 0 Å². The van der Waals surface area contributed by atoms with Crippen LogP contribution in [0.5, 0.6) is 0 Å². The van der Waals surface area contributed by atoms with E-state index in [2.05, 4.69) is 5.32 Å². The largest absolute Gasteiger partial charge is 0.355 e. The Balaban J connectivity index is 2.14. The third-order valence-electron chi connectivity index (χ3n) is 4.29. The summed E-state index contributed by atoms with van der Waals surface area (Å²) in [4.78, 5) is 26.8. The Labute approximate surface area is 160 Å². The standard InChI is InChI=1S/C21H25ClN2O2/c1-3-23-21(26)16(2)24(15-18-11-7-8-12-19(18)22)20(25)14-13-17-9-5-4-6-10-17/h4-12,16H,3,13-15H2,1-2H3,(H,23,26). The summed E-state index contributed by atoms with van der Waals surface area (Å²) in [5, 5.41) is 3.38. The zero-order valence-electron chi connectivity index (χ0n) is 15.2. The van der Waals surface area contributed by atoms with Gasteiger partial charge in [0.15, 0.2) is 0 Å². The van der Waals surface area contributed by atoms with Gasteiger partial charge in [0.05, 0.1) is 0 Å². The molecule has 1 unspecified atom stereocenters. The molecule has 2 aromatic rings. The molecule has 0 heterocycles. The predicted molar refractivity (Wildman–Crippen MR) is 105 cm³/mol. The summed E-state index contributed by atoms with van der Waals surface area (Å²) in [6, 6.07) is 16.7. The summed E-state index contributed by atoms with van der Waals surface area (Å²) in [5.74, 6) is -0.222. The summed E-state index contributed by atoms with van der Waals surface area (Å²) in [6.07, 6.45) is 0.985. The van der Waals surface area contributed by atoms with Crippen molar-refractivity contribution in [2.45, 2.75) is 39.3 Å². The molecule has 2 aromatic carbocycles. The van der Waals surface area contributed by atoms with Gasteiger partial charge in [-0.15, -0.1) is 0 Å². The van der Waals surface area contributed by atoms with Gasteiger partial charge in [0, 0.05) is 24.5 Å². The molecule has 0 fully saturated rings. The van der Waals surface area contributed by atoms with Crippen molar-refractivity contribution < 1.29 is 9.59 Å². The Kier molecular flexibility index (Phi) is 7.67. The van der Waals surface area contributed by atoms with Crippen molar-refractivity contribution in [3.63, 3.8) is 0 Å². The van der Waals surface area contributed by atoms with Crippen LogP contribution in [-0.4, -0.2) is 29.3 Å². The minimum atomic E-state index is -0.561. The van der Waals surface area contributed by atoms with Crippen LogP contribution in [0.3, 0.4) is 0 Å². The second-order valence-corrected chi connectivity index (χ2v) is 6.58. The van der Waals surface area contributed by atoms with Gasteiger partial charge < -0.3 is 10.2 Å². The van der Waals surface area contributed by atoms with Crippen LogP contribution in [0.25, 0.3) is 0 Å². The molecule has 0 radical (unpaired) electrons. The summed E-state index contributed by atoms with van der Waals surface area (Å²) < 4.78 is 0. The normalized spacial score (nSPS) is 11.7. The lowest BCUT2D eigenvalue weighted by Gasteiger charge is -2.29. The number of benzene rings is 2. The van der Waals surface area contributed by atoms with Crippen LogP contribution in [0.1, 0.15) is 31.4 Å². The highest BCUT2D eigenvalue weighted by atomic mass is 35.5. The molecule has 0 aliphatic carbocycles. The monoisotopic (exact) mass is 372 g/mol. The highest BCUT2D eigenvalue weighted by Gasteiger charge is 2.26. The number of likely N-dealkylation sites (N-methyl/N-ethyl adjacent to an activating group) is 1. The molecule has 1 atom stereocenters. The first kappa shape index (κ1) is 20.0. The van der Waals surface area contributed by atoms with E-state index in [1.54, 1.807) is 17.9 Å². The van der Waals surface area contributed by atoms with E-state index in [1.807, 2.05) is 55.5 Å². The number of nitrogens with zero attached hydrogens (tertiary/aromatic N) is 1. The summed E-state index contributed by atoms with van der Waals surface area (Å²) in [6.45, 7) is 4.45. The first-order valence-corrected chi connectivity index (χ1v) is 9.25. The lowest BCUT2D eigenvalue weighted by Crippen LogP contribution is -2.47. The molecule has 0 bridgehead atoms. The number of halogens is 1. The van der Waals surface area contributed by atoms with Crippen LogP contribution in [0.4, 0.5) is 0 Å². The lowest BCUT2D eigenvalue weighted by molar-refractivity contribution is -0.140. The van der Waals surface area contributed by atoms with E-state index in [-0.39, 0.29) is 11.8 Å². The first-order chi connectivity index (χ1) is 12.5. The van der Waals surface area contributed by atoms with Gasteiger partial charge in [-0.2, -0.15) is 0 Å². The van der Waals surface area contributed by atoms with Crippen LogP contribution >= 0.6 is 11.6 Å². The zero-order valence-corrected chi connectivity index (χ0v) is 16.0. The number of hydrogen-bond acceptors (Lipinski definition) is 2. The third-order valence-corrected chi connectivity index (χ3v) is 4.66. The number of hydrogen-bond donors (Lipinski definition) is 1. The minimum Gasteiger partial charge on any atom is -0.355 e. The number of carbonyl (C=O) groups is 2. The maximum Gasteiger partial charge on any atom is 0.242 e. The quantitative estimate of drug-likeness (QED) is 0.765. The number of rotatable bonds is 8. The fourth-order valence-corrected chi connectivity index (χ4v) is 2.95. The summed E-state index contributed by atoms with van der Waals surface area (Å²) in [7, 11) is 0. The molecule has 1 N–H and O–H groups in total. The van der Waals surface area contributed by atoms with E-state index in [4.69, 9.17) is 11.6 Å². The van der Waals surface area contributed by atoms with Crippen LogP contribution in [0.2, 0.25) is 5.02 Å². The molecule has 5 heteroatoms. The molecular formula is C21H25ClN2O2. The van der Waals surface area contributed by atoms with Crippen molar-refractivity contribution in [1.82, 2.24) is 10.2 Å². The van der Waals surface area contributed by atoms with Crippen molar-refractivity contribution in [2.24, 2.45) is 0 Å². The molecule has 138 valence electrons. The zero-order chi connectivity index (χ0) is 18.9. The van der Waals surface area contributed by atoms with Crippen molar-refractivity contribution in [3.05, 3.63) is 70.7 Å². The molecule has 0 aromatic heterocycles. The number of aryl methyl sites for hydroxylation is 1. The number of nitrogens with one attached hydrogen (secondary N) is 1. The van der Waals surface area contributed by atoms with E-state index in [0.29, 0.717) is 31.0 Å². The second-order valence-electron chi connectivity index (χ2n) is 6.17. The minimum absolute atomic E-state index is 0.0625. The second kappa shape index (κ2) is 9.97. The molecule has 0 saturated carbocycles. The fraction of sp³-hybridized carbons (Fsp3) is 0.333. The van der Waals surface area contributed by atoms with E-state index in [9.17, 15) is 9.59 Å². The van der Waals surface area contributed by atoms with Gasteiger partial charge in [0.2, 0.25) is 11.8 Å². The lowest BCUT2D eigenvalue weighted by atomic mass is 10.1. The Hall–Kier alpha value is -2.33.